The molecule has 1 N–H and O–H groups in total. The van der Waals surface area contributed by atoms with Crippen molar-refractivity contribution in [3.8, 4) is 0 Å². The van der Waals surface area contributed by atoms with Crippen LogP contribution in [0.2, 0.25) is 0 Å². The van der Waals surface area contributed by atoms with Gasteiger partial charge >= 0.3 is 0 Å². The molecule has 1 aromatic rings. The molecule has 0 aliphatic heterocycles. The smallest absolute Gasteiger partial charge is 0.270 e. The Morgan fingerprint density at radius 1 is 1.61 bits per heavy atom. The molecule has 1 saturated carbocycles. The number of nitro groups is 1. The van der Waals surface area contributed by atoms with E-state index < -0.39 is 10.7 Å². The van der Waals surface area contributed by atoms with Gasteiger partial charge in [0.05, 0.1) is 4.92 Å². The van der Waals surface area contributed by atoms with E-state index in [1.807, 2.05) is 6.92 Å². The molecule has 0 radical (unpaired) electrons. The second-order valence-electron chi connectivity index (χ2n) is 4.61. The maximum absolute atomic E-state index is 13.5. The zero-order valence-electron chi connectivity index (χ0n) is 10.1. The van der Waals surface area contributed by atoms with E-state index in [1.165, 1.54) is 25.0 Å². The minimum absolute atomic E-state index is 0.0920. The fourth-order valence-corrected chi connectivity index (χ4v) is 1.66. The Balaban J connectivity index is 2.12. The molecule has 0 atom stereocenters. The van der Waals surface area contributed by atoms with Gasteiger partial charge in [0.2, 0.25) is 0 Å². The number of hydrogen-bond acceptors (Lipinski definition) is 3. The summed E-state index contributed by atoms with van der Waals surface area (Å²) in [4.78, 5) is 10.1. The molecule has 0 bridgehead atoms. The molecule has 1 aliphatic carbocycles. The fourth-order valence-electron chi connectivity index (χ4n) is 1.66. The van der Waals surface area contributed by atoms with Crippen LogP contribution in [0.25, 0.3) is 6.08 Å². The van der Waals surface area contributed by atoms with Crippen LogP contribution in [-0.4, -0.2) is 17.5 Å². The zero-order chi connectivity index (χ0) is 13.1. The van der Waals surface area contributed by atoms with Gasteiger partial charge in [0.25, 0.3) is 5.69 Å². The minimum atomic E-state index is -0.519. The van der Waals surface area contributed by atoms with Crippen molar-refractivity contribution in [1.82, 2.24) is 5.32 Å². The van der Waals surface area contributed by atoms with Crippen molar-refractivity contribution >= 4 is 11.8 Å². The van der Waals surface area contributed by atoms with Gasteiger partial charge in [-0.25, -0.2) is 4.39 Å². The van der Waals surface area contributed by atoms with E-state index in [2.05, 4.69) is 5.32 Å². The number of non-ortho nitro benzene ring substituents is 1. The summed E-state index contributed by atoms with van der Waals surface area (Å²) in [5.41, 5.74) is 1.13. The molecule has 2 rings (SSSR count). The maximum atomic E-state index is 13.5. The Labute approximate surface area is 105 Å². The third-order valence-corrected chi connectivity index (χ3v) is 2.84. The predicted molar refractivity (Wildman–Crippen MR) is 67.7 cm³/mol. The lowest BCUT2D eigenvalue weighted by molar-refractivity contribution is -0.384. The average Bonchev–Trinajstić information content (AvgIpc) is 3.13. The predicted octanol–water partition coefficient (Wildman–Crippen LogP) is 2.89. The van der Waals surface area contributed by atoms with Gasteiger partial charge in [-0.3, -0.25) is 10.1 Å². The van der Waals surface area contributed by atoms with Crippen molar-refractivity contribution in [2.45, 2.75) is 25.8 Å². The van der Waals surface area contributed by atoms with Gasteiger partial charge in [-0.05, 0) is 25.8 Å². The van der Waals surface area contributed by atoms with E-state index in [0.717, 1.165) is 11.6 Å². The number of benzene rings is 1. The van der Waals surface area contributed by atoms with Gasteiger partial charge in [-0.1, -0.05) is 11.6 Å². The highest BCUT2D eigenvalue weighted by atomic mass is 19.1. The van der Waals surface area contributed by atoms with E-state index in [-0.39, 0.29) is 11.3 Å². The molecule has 0 unspecified atom stereocenters. The molecule has 1 aromatic carbocycles. The third kappa shape index (κ3) is 3.37. The van der Waals surface area contributed by atoms with Gasteiger partial charge in [-0.2, -0.15) is 0 Å². The van der Waals surface area contributed by atoms with Crippen molar-refractivity contribution < 1.29 is 9.31 Å². The lowest BCUT2D eigenvalue weighted by atomic mass is 10.1. The maximum Gasteiger partial charge on any atom is 0.270 e. The van der Waals surface area contributed by atoms with Gasteiger partial charge in [0.1, 0.15) is 5.82 Å². The highest BCUT2D eigenvalue weighted by molar-refractivity contribution is 5.56. The zero-order valence-corrected chi connectivity index (χ0v) is 10.1. The molecule has 1 aliphatic rings. The number of hydrogen-bond donors (Lipinski definition) is 1. The summed E-state index contributed by atoms with van der Waals surface area (Å²) >= 11 is 0. The van der Waals surface area contributed by atoms with Crippen LogP contribution < -0.4 is 5.32 Å². The summed E-state index contributed by atoms with van der Waals surface area (Å²) in [6.07, 6.45) is 4.04. The molecule has 0 aromatic heterocycles. The molecule has 0 spiro atoms. The van der Waals surface area contributed by atoms with E-state index in [4.69, 9.17) is 0 Å². The van der Waals surface area contributed by atoms with Gasteiger partial charge in [0.15, 0.2) is 0 Å². The molecule has 96 valence electrons. The number of nitrogens with one attached hydrogen (secondary N) is 1. The van der Waals surface area contributed by atoms with Crippen LogP contribution in [0.5, 0.6) is 0 Å². The number of rotatable bonds is 5. The largest absolute Gasteiger partial charge is 0.310 e. The van der Waals surface area contributed by atoms with Gasteiger partial charge in [0, 0.05) is 30.3 Å². The first-order valence-electron chi connectivity index (χ1n) is 5.91. The Morgan fingerprint density at radius 3 is 2.94 bits per heavy atom. The van der Waals surface area contributed by atoms with E-state index >= 15 is 0 Å². The molecule has 5 heteroatoms. The number of nitrogens with zero attached hydrogens (tertiary/aromatic N) is 1. The van der Waals surface area contributed by atoms with Crippen molar-refractivity contribution in [1.29, 1.82) is 0 Å². The first kappa shape index (κ1) is 12.7. The molecular formula is C13H15FN2O2. The quantitative estimate of drug-likeness (QED) is 0.645. The van der Waals surface area contributed by atoms with Crippen molar-refractivity contribution in [2.24, 2.45) is 0 Å². The molecular weight excluding hydrogens is 235 g/mol. The van der Waals surface area contributed by atoms with Crippen LogP contribution in [0.4, 0.5) is 10.1 Å². The van der Waals surface area contributed by atoms with Crippen LogP contribution >= 0.6 is 0 Å². The first-order valence-corrected chi connectivity index (χ1v) is 5.91. The van der Waals surface area contributed by atoms with Crippen LogP contribution in [0.3, 0.4) is 0 Å². The second-order valence-corrected chi connectivity index (χ2v) is 4.61. The summed E-state index contributed by atoms with van der Waals surface area (Å²) in [5, 5.41) is 13.9. The lowest BCUT2D eigenvalue weighted by Crippen LogP contribution is -2.18. The van der Waals surface area contributed by atoms with Crippen LogP contribution in [0, 0.1) is 15.9 Å². The summed E-state index contributed by atoms with van der Waals surface area (Å²) in [6, 6.07) is 4.15. The summed E-state index contributed by atoms with van der Waals surface area (Å²) in [5.74, 6) is -0.439. The first-order chi connectivity index (χ1) is 8.56. The van der Waals surface area contributed by atoms with Crippen LogP contribution in [-0.2, 0) is 0 Å². The monoisotopic (exact) mass is 250 g/mol. The summed E-state index contributed by atoms with van der Waals surface area (Å²) in [6.45, 7) is 2.57. The van der Waals surface area contributed by atoms with Gasteiger partial charge < -0.3 is 5.32 Å². The SMILES string of the molecule is C/C(=C/c1cc([N+](=O)[O-])ccc1F)CNC1CC1. The summed E-state index contributed by atoms with van der Waals surface area (Å²) < 4.78 is 13.5. The van der Waals surface area contributed by atoms with Crippen LogP contribution in [0.1, 0.15) is 25.3 Å². The fraction of sp³-hybridized carbons (Fsp3) is 0.385. The van der Waals surface area contributed by atoms with Crippen molar-refractivity contribution in [3.05, 3.63) is 45.3 Å². The number of halogens is 1. The highest BCUT2D eigenvalue weighted by Crippen LogP contribution is 2.21. The molecule has 0 saturated heterocycles. The Kier molecular flexibility index (Phi) is 3.72. The highest BCUT2D eigenvalue weighted by Gasteiger charge is 2.19. The lowest BCUT2D eigenvalue weighted by Gasteiger charge is -2.04. The minimum Gasteiger partial charge on any atom is -0.310 e. The normalized spacial score (nSPS) is 15.8. The average molecular weight is 250 g/mol. The van der Waals surface area contributed by atoms with E-state index in [1.54, 1.807) is 6.08 Å². The summed E-state index contributed by atoms with van der Waals surface area (Å²) in [7, 11) is 0. The molecule has 18 heavy (non-hydrogen) atoms. The second kappa shape index (κ2) is 5.27. The molecule has 4 nitrogen and oxygen atoms in total. The van der Waals surface area contributed by atoms with Crippen molar-refractivity contribution in [2.75, 3.05) is 6.54 Å². The van der Waals surface area contributed by atoms with E-state index in [9.17, 15) is 14.5 Å². The van der Waals surface area contributed by atoms with E-state index in [0.29, 0.717) is 12.6 Å². The number of nitro benzene ring substituents is 1. The Morgan fingerprint density at radius 2 is 2.33 bits per heavy atom. The molecule has 1 fully saturated rings. The van der Waals surface area contributed by atoms with Crippen molar-refractivity contribution in [3.63, 3.8) is 0 Å². The third-order valence-electron chi connectivity index (χ3n) is 2.84. The Hall–Kier alpha value is -1.75. The molecule has 0 heterocycles. The van der Waals surface area contributed by atoms with Gasteiger partial charge in [-0.15, -0.1) is 0 Å². The molecule has 0 amide bonds. The standard InChI is InChI=1S/C13H15FN2O2/c1-9(8-15-11-2-3-11)6-10-7-12(16(17)18)4-5-13(10)14/h4-7,11,15H,2-3,8H2,1H3/b9-6-. The van der Waals surface area contributed by atoms with Crippen LogP contribution in [0.15, 0.2) is 23.8 Å². The topological polar surface area (TPSA) is 55.2 Å². The Bertz CT molecular complexity index is 496.